The van der Waals surface area contributed by atoms with Crippen LogP contribution in [0.3, 0.4) is 0 Å². The minimum absolute atomic E-state index is 0.0916. The Bertz CT molecular complexity index is 1220. The van der Waals surface area contributed by atoms with Crippen LogP contribution in [0, 0.1) is 5.41 Å². The molecule has 1 amide bonds. The molecule has 0 bridgehead atoms. The second-order valence-electron chi connectivity index (χ2n) is 8.90. The van der Waals surface area contributed by atoms with Crippen molar-refractivity contribution in [2.45, 2.75) is 39.6 Å². The molecule has 5 nitrogen and oxygen atoms in total. The quantitative estimate of drug-likeness (QED) is 0.380. The van der Waals surface area contributed by atoms with Crippen molar-refractivity contribution in [3.05, 3.63) is 75.8 Å². The van der Waals surface area contributed by atoms with Crippen LogP contribution in [0.5, 0.6) is 5.75 Å². The van der Waals surface area contributed by atoms with Crippen molar-refractivity contribution in [3.63, 3.8) is 0 Å². The van der Waals surface area contributed by atoms with Crippen molar-refractivity contribution in [1.82, 2.24) is 5.32 Å². The minimum atomic E-state index is -4.44. The number of ether oxygens (including phenoxy) is 1. The highest BCUT2D eigenvalue weighted by molar-refractivity contribution is 9.10. The Morgan fingerprint density at radius 2 is 1.65 bits per heavy atom. The Hall–Kier alpha value is -3.07. The number of hydrogen-bond donors (Lipinski definition) is 2. The maximum Gasteiger partial charge on any atom is 0.416 e. The number of carbonyl (C=O) groups is 2. The summed E-state index contributed by atoms with van der Waals surface area (Å²) in [4.78, 5) is 24.9. The van der Waals surface area contributed by atoms with E-state index in [0.717, 1.165) is 22.0 Å². The molecular formula is C25H23BrF3NO4. The number of halogens is 4. The highest BCUT2D eigenvalue weighted by Crippen LogP contribution is 2.34. The predicted molar refractivity (Wildman–Crippen MR) is 126 cm³/mol. The number of amides is 1. The zero-order valence-corrected chi connectivity index (χ0v) is 20.3. The van der Waals surface area contributed by atoms with Gasteiger partial charge in [0.25, 0.3) is 5.91 Å². The predicted octanol–water partition coefficient (Wildman–Crippen LogP) is 6.43. The lowest BCUT2D eigenvalue weighted by molar-refractivity contribution is -0.142. The molecular weight excluding hydrogens is 515 g/mol. The van der Waals surface area contributed by atoms with Crippen LogP contribution in [-0.4, -0.2) is 23.0 Å². The summed E-state index contributed by atoms with van der Waals surface area (Å²) in [5.74, 6) is -1.60. The lowest BCUT2D eigenvalue weighted by Gasteiger charge is -2.28. The Labute approximate surface area is 203 Å². The molecule has 0 aromatic heterocycles. The van der Waals surface area contributed by atoms with Crippen molar-refractivity contribution < 1.29 is 32.6 Å². The average molecular weight is 538 g/mol. The Morgan fingerprint density at radius 1 is 1.03 bits per heavy atom. The summed E-state index contributed by atoms with van der Waals surface area (Å²) in [7, 11) is 0. The number of fused-ring (bicyclic) bond motifs is 1. The molecule has 180 valence electrons. The van der Waals surface area contributed by atoms with Gasteiger partial charge in [-0.3, -0.25) is 4.79 Å². The number of rotatable bonds is 6. The van der Waals surface area contributed by atoms with Crippen molar-refractivity contribution >= 4 is 38.6 Å². The molecule has 0 fully saturated rings. The molecule has 0 radical (unpaired) electrons. The molecule has 34 heavy (non-hydrogen) atoms. The van der Waals surface area contributed by atoms with E-state index in [0.29, 0.717) is 10.9 Å². The normalized spacial score (nSPS) is 12.9. The Kier molecular flexibility index (Phi) is 7.26. The number of carbonyl (C=O) groups excluding carboxylic acids is 1. The van der Waals surface area contributed by atoms with Gasteiger partial charge in [-0.2, -0.15) is 13.2 Å². The van der Waals surface area contributed by atoms with Gasteiger partial charge >= 0.3 is 12.1 Å². The molecule has 0 aliphatic heterocycles. The Morgan fingerprint density at radius 3 is 2.21 bits per heavy atom. The summed E-state index contributed by atoms with van der Waals surface area (Å²) < 4.78 is 45.2. The molecule has 0 saturated carbocycles. The van der Waals surface area contributed by atoms with Crippen LogP contribution in [0.4, 0.5) is 13.2 Å². The fourth-order valence-corrected chi connectivity index (χ4v) is 3.76. The van der Waals surface area contributed by atoms with Gasteiger partial charge in [-0.05, 0) is 46.7 Å². The van der Waals surface area contributed by atoms with E-state index in [1.165, 1.54) is 18.2 Å². The molecule has 9 heteroatoms. The number of hydrogen-bond acceptors (Lipinski definition) is 3. The third-order valence-electron chi connectivity index (χ3n) is 5.23. The number of alkyl halides is 3. The van der Waals surface area contributed by atoms with Crippen LogP contribution < -0.4 is 10.1 Å². The van der Waals surface area contributed by atoms with Crippen molar-refractivity contribution in [2.75, 3.05) is 0 Å². The van der Waals surface area contributed by atoms with Crippen molar-refractivity contribution in [1.29, 1.82) is 0 Å². The molecule has 0 unspecified atom stereocenters. The number of carboxylic acids is 1. The van der Waals surface area contributed by atoms with Crippen LogP contribution in [0.15, 0.2) is 59.1 Å². The van der Waals surface area contributed by atoms with E-state index < -0.39 is 35.1 Å². The molecule has 0 heterocycles. The van der Waals surface area contributed by atoms with Gasteiger partial charge in [0, 0.05) is 9.86 Å². The second-order valence-corrected chi connectivity index (χ2v) is 9.82. The smallest absolute Gasteiger partial charge is 0.416 e. The van der Waals surface area contributed by atoms with Crippen LogP contribution in [-0.2, 0) is 17.6 Å². The lowest BCUT2D eigenvalue weighted by atomic mass is 9.86. The van der Waals surface area contributed by atoms with Gasteiger partial charge in [-0.15, -0.1) is 0 Å². The standard InChI is InChI=1S/C25H23BrF3NO4/c1-24(2,3)21(23(32)33)30-22(31)18-11-7-15-6-10-17(26)12-19(15)20(18)34-13-14-4-8-16(9-5-14)25(27,28)29/h4-12,21H,13H2,1-3H3,(H,30,31)(H,32,33)/t21-/m1/s1. The van der Waals surface area contributed by atoms with Crippen LogP contribution in [0.2, 0.25) is 0 Å². The number of carboxylic acid groups (broad SMARTS) is 1. The molecule has 3 aromatic carbocycles. The fourth-order valence-electron chi connectivity index (χ4n) is 3.40. The number of nitrogens with one attached hydrogen (secondary N) is 1. The molecule has 3 rings (SSSR count). The first-order valence-electron chi connectivity index (χ1n) is 10.3. The zero-order valence-electron chi connectivity index (χ0n) is 18.7. The first-order valence-corrected chi connectivity index (χ1v) is 11.1. The van der Waals surface area contributed by atoms with E-state index in [-0.39, 0.29) is 17.9 Å². The van der Waals surface area contributed by atoms with Gasteiger partial charge in [0.05, 0.1) is 11.1 Å². The summed E-state index contributed by atoms with van der Waals surface area (Å²) in [6.45, 7) is 5.01. The third kappa shape index (κ3) is 5.88. The summed E-state index contributed by atoms with van der Waals surface area (Å²) in [5.41, 5.74) is -0.924. The summed E-state index contributed by atoms with van der Waals surface area (Å²) >= 11 is 3.40. The lowest BCUT2D eigenvalue weighted by Crippen LogP contribution is -2.49. The van der Waals surface area contributed by atoms with E-state index >= 15 is 0 Å². The third-order valence-corrected chi connectivity index (χ3v) is 5.72. The molecule has 3 aromatic rings. The van der Waals surface area contributed by atoms with Gasteiger partial charge < -0.3 is 15.2 Å². The minimum Gasteiger partial charge on any atom is -0.487 e. The molecule has 0 aliphatic rings. The molecule has 0 aliphatic carbocycles. The average Bonchev–Trinajstić information content (AvgIpc) is 2.74. The molecule has 2 N–H and O–H groups in total. The number of benzene rings is 3. The number of aliphatic carboxylic acids is 1. The maximum atomic E-state index is 13.1. The monoisotopic (exact) mass is 537 g/mol. The van der Waals surface area contributed by atoms with Crippen LogP contribution in [0.1, 0.15) is 42.3 Å². The first-order chi connectivity index (χ1) is 15.8. The summed E-state index contributed by atoms with van der Waals surface area (Å²) in [5, 5.41) is 13.5. The van der Waals surface area contributed by atoms with Crippen LogP contribution >= 0.6 is 15.9 Å². The van der Waals surface area contributed by atoms with E-state index in [9.17, 15) is 27.9 Å². The fraction of sp³-hybridized carbons (Fsp3) is 0.280. The highest BCUT2D eigenvalue weighted by Gasteiger charge is 2.34. The van der Waals surface area contributed by atoms with Gasteiger partial charge in [-0.1, -0.05) is 61.0 Å². The van der Waals surface area contributed by atoms with E-state index in [1.54, 1.807) is 32.9 Å². The largest absolute Gasteiger partial charge is 0.487 e. The highest BCUT2D eigenvalue weighted by atomic mass is 79.9. The van der Waals surface area contributed by atoms with E-state index in [4.69, 9.17) is 4.74 Å². The SMILES string of the molecule is CC(C)(C)[C@H](NC(=O)c1ccc2ccc(Br)cc2c1OCc1ccc(C(F)(F)F)cc1)C(=O)O. The molecule has 1 atom stereocenters. The van der Waals surface area contributed by atoms with Gasteiger partial charge in [0.2, 0.25) is 0 Å². The Balaban J connectivity index is 1.98. The van der Waals surface area contributed by atoms with Gasteiger partial charge in [-0.25, -0.2) is 4.79 Å². The zero-order chi connectivity index (χ0) is 25.3. The topological polar surface area (TPSA) is 75.6 Å². The van der Waals surface area contributed by atoms with E-state index in [1.807, 2.05) is 12.1 Å². The van der Waals surface area contributed by atoms with E-state index in [2.05, 4.69) is 21.2 Å². The van der Waals surface area contributed by atoms with Crippen LogP contribution in [0.25, 0.3) is 10.8 Å². The first kappa shape index (κ1) is 25.6. The van der Waals surface area contributed by atoms with Crippen molar-refractivity contribution in [3.8, 4) is 5.75 Å². The van der Waals surface area contributed by atoms with Gasteiger partial charge in [0.15, 0.2) is 0 Å². The summed E-state index contributed by atoms with van der Waals surface area (Å²) in [6, 6.07) is 12.0. The molecule has 0 spiro atoms. The van der Waals surface area contributed by atoms with Crippen molar-refractivity contribution in [2.24, 2.45) is 5.41 Å². The van der Waals surface area contributed by atoms with Gasteiger partial charge in [0.1, 0.15) is 18.4 Å². The summed E-state index contributed by atoms with van der Waals surface area (Å²) in [6.07, 6.45) is -4.44. The molecule has 0 saturated heterocycles. The second kappa shape index (κ2) is 9.66. The maximum absolute atomic E-state index is 13.1.